The van der Waals surface area contributed by atoms with Gasteiger partial charge in [-0.3, -0.25) is 4.79 Å². The van der Waals surface area contributed by atoms with Gasteiger partial charge in [-0.2, -0.15) is 13.2 Å². The number of H-pyrrole nitrogens is 1. The van der Waals surface area contributed by atoms with Crippen molar-refractivity contribution in [1.29, 1.82) is 0 Å². The molecule has 2 N–H and O–H groups in total. The lowest BCUT2D eigenvalue weighted by Crippen LogP contribution is -2.29. The number of benzene rings is 1. The third-order valence-electron chi connectivity index (χ3n) is 2.09. The maximum atomic E-state index is 12.0. The van der Waals surface area contributed by atoms with Gasteiger partial charge in [-0.05, 0) is 12.1 Å². The number of amides is 1. The second-order valence-corrected chi connectivity index (χ2v) is 3.20. The Morgan fingerprint density at radius 1 is 1.25 bits per heavy atom. The van der Waals surface area contributed by atoms with Crippen molar-refractivity contribution in [3.05, 3.63) is 30.5 Å². The lowest BCUT2D eigenvalue weighted by Gasteiger charge is -2.08. The second-order valence-electron chi connectivity index (χ2n) is 3.20. The normalized spacial score (nSPS) is 11.7. The van der Waals surface area contributed by atoms with Crippen LogP contribution in [0.3, 0.4) is 0 Å². The summed E-state index contributed by atoms with van der Waals surface area (Å²) >= 11 is 0. The number of hydrogen-bond acceptors (Lipinski definition) is 1. The minimum Gasteiger partial charge on any atom is -0.359 e. The van der Waals surface area contributed by atoms with Gasteiger partial charge in [-0.1, -0.05) is 12.1 Å². The molecule has 1 amide bonds. The molecule has 2 aromatic rings. The van der Waals surface area contributed by atoms with Crippen LogP contribution in [0.1, 0.15) is 0 Å². The maximum Gasteiger partial charge on any atom is 0.471 e. The number of para-hydroxylation sites is 1. The lowest BCUT2D eigenvalue weighted by atomic mass is 10.2. The van der Waals surface area contributed by atoms with Gasteiger partial charge in [0.2, 0.25) is 0 Å². The Kier molecular flexibility index (Phi) is 2.34. The first-order valence-electron chi connectivity index (χ1n) is 4.43. The van der Waals surface area contributed by atoms with Crippen molar-refractivity contribution in [2.24, 2.45) is 0 Å². The highest BCUT2D eigenvalue weighted by Gasteiger charge is 2.38. The third kappa shape index (κ3) is 1.86. The van der Waals surface area contributed by atoms with E-state index in [1.807, 2.05) is 5.32 Å². The van der Waals surface area contributed by atoms with Gasteiger partial charge in [-0.15, -0.1) is 0 Å². The summed E-state index contributed by atoms with van der Waals surface area (Å²) in [6.45, 7) is 0. The molecule has 0 spiro atoms. The first-order chi connectivity index (χ1) is 7.48. The number of carbonyl (C=O) groups is 1. The molecule has 0 bridgehead atoms. The van der Waals surface area contributed by atoms with E-state index >= 15 is 0 Å². The number of aromatic amines is 1. The van der Waals surface area contributed by atoms with Crippen LogP contribution in [0.25, 0.3) is 10.9 Å². The summed E-state index contributed by atoms with van der Waals surface area (Å²) in [5.74, 6) is -1.98. The van der Waals surface area contributed by atoms with E-state index in [9.17, 15) is 18.0 Å². The molecule has 1 heterocycles. The molecule has 0 fully saturated rings. The van der Waals surface area contributed by atoms with Gasteiger partial charge in [0.1, 0.15) is 0 Å². The van der Waals surface area contributed by atoms with Crippen LogP contribution < -0.4 is 5.32 Å². The first kappa shape index (κ1) is 10.5. The van der Waals surface area contributed by atoms with Gasteiger partial charge < -0.3 is 10.3 Å². The van der Waals surface area contributed by atoms with Crippen LogP contribution in [-0.4, -0.2) is 17.1 Å². The van der Waals surface area contributed by atoms with Gasteiger partial charge in [0, 0.05) is 11.6 Å². The molecule has 0 unspecified atom stereocenters. The Hall–Kier alpha value is -1.98. The molecule has 84 valence electrons. The summed E-state index contributed by atoms with van der Waals surface area (Å²) in [5.41, 5.74) is 0.588. The highest BCUT2D eigenvalue weighted by atomic mass is 19.4. The molecule has 0 saturated carbocycles. The van der Waals surface area contributed by atoms with Crippen LogP contribution in [0.15, 0.2) is 30.5 Å². The molecule has 16 heavy (non-hydrogen) atoms. The first-order valence-corrected chi connectivity index (χ1v) is 4.43. The number of nitrogens with one attached hydrogen (secondary N) is 2. The Morgan fingerprint density at radius 2 is 2.00 bits per heavy atom. The van der Waals surface area contributed by atoms with Crippen molar-refractivity contribution < 1.29 is 18.0 Å². The molecule has 1 aromatic carbocycles. The van der Waals surface area contributed by atoms with Gasteiger partial charge in [-0.25, -0.2) is 0 Å². The fraction of sp³-hybridized carbons (Fsp3) is 0.100. The number of aromatic nitrogens is 1. The van der Waals surface area contributed by atoms with Gasteiger partial charge >= 0.3 is 12.1 Å². The largest absolute Gasteiger partial charge is 0.471 e. The molecule has 0 aliphatic carbocycles. The fourth-order valence-corrected chi connectivity index (χ4v) is 1.38. The monoisotopic (exact) mass is 228 g/mol. The summed E-state index contributed by atoms with van der Waals surface area (Å²) in [4.78, 5) is 13.5. The minimum atomic E-state index is -4.88. The number of rotatable bonds is 1. The summed E-state index contributed by atoms with van der Waals surface area (Å²) < 4.78 is 36.1. The van der Waals surface area contributed by atoms with Crippen LogP contribution in [0.4, 0.5) is 18.9 Å². The van der Waals surface area contributed by atoms with Crippen LogP contribution in [0.2, 0.25) is 0 Å². The van der Waals surface area contributed by atoms with Crippen LogP contribution in [0, 0.1) is 0 Å². The zero-order valence-electron chi connectivity index (χ0n) is 7.93. The predicted octanol–water partition coefficient (Wildman–Crippen LogP) is 2.67. The number of hydrogen-bond donors (Lipinski definition) is 2. The standard InChI is InChI=1S/C10H7F3N2O/c11-10(12,13)9(16)15-7-3-1-2-6-4-5-14-8(6)7/h1-5,14H,(H,15,16). The van der Waals surface area contributed by atoms with E-state index in [2.05, 4.69) is 4.98 Å². The van der Waals surface area contributed by atoms with Crippen LogP contribution in [-0.2, 0) is 4.79 Å². The van der Waals surface area contributed by atoms with E-state index in [0.717, 1.165) is 5.39 Å². The van der Waals surface area contributed by atoms with Crippen molar-refractivity contribution >= 4 is 22.5 Å². The van der Waals surface area contributed by atoms with Crippen LogP contribution >= 0.6 is 0 Å². The number of alkyl halides is 3. The average Bonchev–Trinajstić information content (AvgIpc) is 2.65. The molecule has 0 radical (unpaired) electrons. The average molecular weight is 228 g/mol. The summed E-state index contributed by atoms with van der Waals surface area (Å²) in [5, 5.41) is 2.55. The fourth-order valence-electron chi connectivity index (χ4n) is 1.38. The highest BCUT2D eigenvalue weighted by Crippen LogP contribution is 2.24. The molecule has 0 aliphatic heterocycles. The van der Waals surface area contributed by atoms with Crippen LogP contribution in [0.5, 0.6) is 0 Å². The van der Waals surface area contributed by atoms with Crippen molar-refractivity contribution in [2.45, 2.75) is 6.18 Å². The molecule has 0 aliphatic rings. The third-order valence-corrected chi connectivity index (χ3v) is 2.09. The van der Waals surface area contributed by atoms with E-state index in [0.29, 0.717) is 5.52 Å². The Labute approximate surface area is 88.3 Å². The van der Waals surface area contributed by atoms with E-state index < -0.39 is 12.1 Å². The summed E-state index contributed by atoms with van der Waals surface area (Å²) in [6, 6.07) is 6.41. The van der Waals surface area contributed by atoms with E-state index in [-0.39, 0.29) is 5.69 Å². The molecule has 6 heteroatoms. The SMILES string of the molecule is O=C(Nc1cccc2cc[nH]c12)C(F)(F)F. The second kappa shape index (κ2) is 3.55. The topological polar surface area (TPSA) is 44.9 Å². The molecule has 1 aromatic heterocycles. The maximum absolute atomic E-state index is 12.0. The molecule has 0 saturated heterocycles. The molecular formula is C10H7F3N2O. The smallest absolute Gasteiger partial charge is 0.359 e. The Balaban J connectivity index is 2.35. The quantitative estimate of drug-likeness (QED) is 0.774. The molecule has 3 nitrogen and oxygen atoms in total. The predicted molar refractivity (Wildman–Crippen MR) is 53.0 cm³/mol. The zero-order chi connectivity index (χ0) is 11.8. The van der Waals surface area contributed by atoms with Crippen molar-refractivity contribution in [1.82, 2.24) is 4.98 Å². The molecule has 2 rings (SSSR count). The van der Waals surface area contributed by atoms with Gasteiger partial charge in [0.05, 0.1) is 11.2 Å². The van der Waals surface area contributed by atoms with E-state index in [1.54, 1.807) is 24.4 Å². The summed E-state index contributed by atoms with van der Waals surface area (Å²) in [7, 11) is 0. The van der Waals surface area contributed by atoms with Gasteiger partial charge in [0.25, 0.3) is 0 Å². The number of fused-ring (bicyclic) bond motifs is 1. The van der Waals surface area contributed by atoms with E-state index in [1.165, 1.54) is 6.07 Å². The van der Waals surface area contributed by atoms with Crippen molar-refractivity contribution in [3.8, 4) is 0 Å². The number of halogens is 3. The Bertz CT molecular complexity index is 530. The van der Waals surface area contributed by atoms with Crippen molar-refractivity contribution in [2.75, 3.05) is 5.32 Å². The number of carbonyl (C=O) groups excluding carboxylic acids is 1. The van der Waals surface area contributed by atoms with E-state index in [4.69, 9.17) is 0 Å². The van der Waals surface area contributed by atoms with Crippen molar-refractivity contribution in [3.63, 3.8) is 0 Å². The molecule has 0 atom stereocenters. The highest BCUT2D eigenvalue weighted by molar-refractivity contribution is 6.02. The van der Waals surface area contributed by atoms with Gasteiger partial charge in [0.15, 0.2) is 0 Å². The number of anilines is 1. The minimum absolute atomic E-state index is 0.116. The zero-order valence-corrected chi connectivity index (χ0v) is 7.93. The molecular weight excluding hydrogens is 221 g/mol. The lowest BCUT2D eigenvalue weighted by molar-refractivity contribution is -0.167. The Morgan fingerprint density at radius 3 is 2.69 bits per heavy atom. The summed E-state index contributed by atoms with van der Waals surface area (Å²) in [6.07, 6.45) is -3.29.